The van der Waals surface area contributed by atoms with Crippen LogP contribution in [0, 0.1) is 11.6 Å². The minimum Gasteiger partial charge on any atom is -0.372 e. The Morgan fingerprint density at radius 3 is 2.20 bits per heavy atom. The lowest BCUT2D eigenvalue weighted by molar-refractivity contribution is -0.0759. The molecule has 0 heterocycles. The molecule has 0 aliphatic rings. The highest BCUT2D eigenvalue weighted by Crippen LogP contribution is 2.36. The van der Waals surface area contributed by atoms with Crippen molar-refractivity contribution >= 4 is 21.6 Å². The largest absolute Gasteiger partial charge is 0.534 e. The minimum absolute atomic E-state index is 0.195. The second kappa shape index (κ2) is 6.96. The molecular formula is C13H12F5NO5S. The van der Waals surface area contributed by atoms with Gasteiger partial charge in [0.1, 0.15) is 5.82 Å². The first kappa shape index (κ1) is 20.8. The van der Waals surface area contributed by atoms with Crippen molar-refractivity contribution in [2.45, 2.75) is 12.4 Å². The number of rotatable bonds is 5. The molecule has 140 valence electrons. The van der Waals surface area contributed by atoms with E-state index in [2.05, 4.69) is 15.6 Å². The smallest absolute Gasteiger partial charge is 0.372 e. The summed E-state index contributed by atoms with van der Waals surface area (Å²) in [6, 6.07) is 0.195. The normalized spacial score (nSPS) is 12.0. The fourth-order valence-corrected chi connectivity index (χ4v) is 2.11. The Bertz CT molecular complexity index is 819. The molecule has 0 bridgehead atoms. The van der Waals surface area contributed by atoms with Gasteiger partial charge < -0.3 is 4.18 Å². The average molecular weight is 389 g/mol. The summed E-state index contributed by atoms with van der Waals surface area (Å²) in [4.78, 5) is 16.4. The molecule has 0 N–H and O–H groups in total. The van der Waals surface area contributed by atoms with Crippen LogP contribution in [0.1, 0.15) is 22.8 Å². The molecule has 25 heavy (non-hydrogen) atoms. The van der Waals surface area contributed by atoms with Crippen molar-refractivity contribution in [1.82, 2.24) is 5.06 Å². The maximum Gasteiger partial charge on any atom is 0.534 e. The molecule has 0 aliphatic carbocycles. The number of carbonyl (C=O) groups excluding carboxylic acids is 1. The highest BCUT2D eigenvalue weighted by Gasteiger charge is 2.49. The molecule has 1 amide bonds. The summed E-state index contributed by atoms with van der Waals surface area (Å²) in [6.07, 6.45) is 0. The molecule has 0 aliphatic heterocycles. The van der Waals surface area contributed by atoms with Gasteiger partial charge in [-0.05, 0) is 18.6 Å². The van der Waals surface area contributed by atoms with Gasteiger partial charge in [-0.2, -0.15) is 21.6 Å². The van der Waals surface area contributed by atoms with E-state index in [1.165, 1.54) is 0 Å². The van der Waals surface area contributed by atoms with E-state index in [9.17, 15) is 35.2 Å². The van der Waals surface area contributed by atoms with Gasteiger partial charge in [0.2, 0.25) is 0 Å². The van der Waals surface area contributed by atoms with E-state index in [4.69, 9.17) is 0 Å². The zero-order chi connectivity index (χ0) is 19.7. The van der Waals surface area contributed by atoms with Gasteiger partial charge in [-0.3, -0.25) is 9.63 Å². The van der Waals surface area contributed by atoms with Crippen LogP contribution in [0.25, 0.3) is 5.57 Å². The quantitative estimate of drug-likeness (QED) is 0.335. The predicted octanol–water partition coefficient (Wildman–Crippen LogP) is 2.86. The fourth-order valence-electron chi connectivity index (χ4n) is 1.64. The molecule has 6 nitrogen and oxygen atoms in total. The summed E-state index contributed by atoms with van der Waals surface area (Å²) in [5.74, 6) is -5.96. The van der Waals surface area contributed by atoms with Crippen LogP contribution in [0.4, 0.5) is 22.0 Å². The number of allylic oxidation sites excluding steroid dienone is 1. The standard InChI is InChI=1S/C13H12F5NO5S/c1-6(2)9-10(15)7(12(20)19(3)23-4)5-8(14)11(9)24-25(21,22)13(16,17)18/h5H,1H2,2-4H3. The topological polar surface area (TPSA) is 72.9 Å². The Morgan fingerprint density at radius 2 is 1.80 bits per heavy atom. The Labute approximate surface area is 139 Å². The number of halogens is 5. The SMILES string of the molecule is C=C(C)c1c(F)c(C(=O)N(C)OC)cc(F)c1OS(=O)(=O)C(F)(F)F. The summed E-state index contributed by atoms with van der Waals surface area (Å²) in [5.41, 5.74) is -8.19. The van der Waals surface area contributed by atoms with Gasteiger partial charge >= 0.3 is 15.6 Å². The lowest BCUT2D eigenvalue weighted by Gasteiger charge is -2.18. The van der Waals surface area contributed by atoms with Crippen molar-refractivity contribution in [3.8, 4) is 5.75 Å². The Balaban J connectivity index is 3.66. The minimum atomic E-state index is -6.27. The van der Waals surface area contributed by atoms with E-state index in [-0.39, 0.29) is 11.6 Å². The van der Waals surface area contributed by atoms with Crippen LogP contribution >= 0.6 is 0 Å². The number of amides is 1. The molecule has 0 unspecified atom stereocenters. The molecule has 1 rings (SSSR count). The molecule has 0 fully saturated rings. The number of hydrogen-bond donors (Lipinski definition) is 0. The molecule has 0 spiro atoms. The zero-order valence-corrected chi connectivity index (χ0v) is 13.9. The summed E-state index contributed by atoms with van der Waals surface area (Å²) in [7, 11) is -4.15. The maximum absolute atomic E-state index is 14.5. The Hall–Kier alpha value is -2.21. The summed E-state index contributed by atoms with van der Waals surface area (Å²) in [5, 5.41) is 0.521. The maximum atomic E-state index is 14.5. The number of nitrogens with zero attached hydrogens (tertiary/aromatic N) is 1. The van der Waals surface area contributed by atoms with E-state index >= 15 is 0 Å². The molecule has 0 aromatic heterocycles. The molecule has 1 aromatic rings. The Morgan fingerprint density at radius 1 is 1.28 bits per heavy atom. The summed E-state index contributed by atoms with van der Waals surface area (Å²) in [6.45, 7) is 4.28. The monoisotopic (exact) mass is 389 g/mol. The summed E-state index contributed by atoms with van der Waals surface area (Å²) >= 11 is 0. The Kier molecular flexibility index (Phi) is 5.80. The predicted molar refractivity (Wildman–Crippen MR) is 75.8 cm³/mol. The number of alkyl halides is 3. The van der Waals surface area contributed by atoms with Crippen LogP contribution in [-0.4, -0.2) is 39.1 Å². The molecule has 0 saturated carbocycles. The highest BCUT2D eigenvalue weighted by atomic mass is 32.2. The first-order valence-corrected chi connectivity index (χ1v) is 7.66. The second-order valence-electron chi connectivity index (χ2n) is 4.67. The van der Waals surface area contributed by atoms with Crippen molar-refractivity contribution in [2.75, 3.05) is 14.2 Å². The first-order valence-electron chi connectivity index (χ1n) is 6.25. The van der Waals surface area contributed by atoms with Crippen LogP contribution in [-0.2, 0) is 15.0 Å². The third-order valence-corrected chi connectivity index (χ3v) is 3.82. The van der Waals surface area contributed by atoms with E-state index in [0.717, 1.165) is 21.1 Å². The molecule has 1 aromatic carbocycles. The lowest BCUT2D eigenvalue weighted by Crippen LogP contribution is -2.30. The van der Waals surface area contributed by atoms with Gasteiger partial charge in [0, 0.05) is 7.05 Å². The van der Waals surface area contributed by atoms with Crippen molar-refractivity contribution in [3.05, 3.63) is 35.4 Å². The van der Waals surface area contributed by atoms with Crippen molar-refractivity contribution in [1.29, 1.82) is 0 Å². The molecule has 12 heteroatoms. The van der Waals surface area contributed by atoms with E-state index in [1.54, 1.807) is 0 Å². The van der Waals surface area contributed by atoms with Gasteiger partial charge in [0.25, 0.3) is 5.91 Å². The van der Waals surface area contributed by atoms with Crippen LogP contribution in [0.2, 0.25) is 0 Å². The van der Waals surface area contributed by atoms with Crippen LogP contribution in [0.3, 0.4) is 0 Å². The second-order valence-corrected chi connectivity index (χ2v) is 6.21. The molecule has 0 radical (unpaired) electrons. The van der Waals surface area contributed by atoms with Gasteiger partial charge in [-0.15, -0.1) is 0 Å². The van der Waals surface area contributed by atoms with Gasteiger partial charge in [-0.25, -0.2) is 13.8 Å². The fraction of sp³-hybridized carbons (Fsp3) is 0.308. The van der Waals surface area contributed by atoms with Crippen molar-refractivity contribution in [3.63, 3.8) is 0 Å². The van der Waals surface area contributed by atoms with Gasteiger partial charge in [0.05, 0.1) is 18.2 Å². The third-order valence-electron chi connectivity index (χ3n) is 2.86. The van der Waals surface area contributed by atoms with E-state index < -0.39 is 50.0 Å². The third kappa shape index (κ3) is 4.07. The first-order chi connectivity index (χ1) is 11.2. The van der Waals surface area contributed by atoms with E-state index in [1.807, 2.05) is 0 Å². The number of benzene rings is 1. The van der Waals surface area contributed by atoms with Crippen LogP contribution in [0.15, 0.2) is 12.6 Å². The lowest BCUT2D eigenvalue weighted by atomic mass is 10.0. The molecular weight excluding hydrogens is 377 g/mol. The average Bonchev–Trinajstić information content (AvgIpc) is 2.47. The highest BCUT2D eigenvalue weighted by molar-refractivity contribution is 7.88. The number of carbonyl (C=O) groups is 1. The van der Waals surface area contributed by atoms with E-state index in [0.29, 0.717) is 5.06 Å². The number of hydrogen-bond acceptors (Lipinski definition) is 5. The zero-order valence-electron chi connectivity index (χ0n) is 13.1. The van der Waals surface area contributed by atoms with Gasteiger partial charge in [0.15, 0.2) is 11.6 Å². The van der Waals surface area contributed by atoms with Gasteiger partial charge in [-0.1, -0.05) is 6.58 Å². The van der Waals surface area contributed by atoms with Crippen molar-refractivity contribution in [2.24, 2.45) is 0 Å². The number of hydroxylamine groups is 2. The molecule has 0 atom stereocenters. The van der Waals surface area contributed by atoms with Crippen LogP contribution in [0.5, 0.6) is 5.75 Å². The summed E-state index contributed by atoms with van der Waals surface area (Å²) < 4.78 is 91.7. The van der Waals surface area contributed by atoms with Crippen LogP contribution < -0.4 is 4.18 Å². The molecule has 0 saturated heterocycles. The van der Waals surface area contributed by atoms with Crippen molar-refractivity contribution < 1.29 is 44.2 Å².